The predicted octanol–water partition coefficient (Wildman–Crippen LogP) is 1.68. The zero-order valence-corrected chi connectivity index (χ0v) is 12.3. The van der Waals surface area contributed by atoms with Crippen molar-refractivity contribution < 1.29 is 9.53 Å². The zero-order chi connectivity index (χ0) is 13.7. The van der Waals surface area contributed by atoms with Crippen LogP contribution in [0.2, 0.25) is 0 Å². The van der Waals surface area contributed by atoms with E-state index >= 15 is 0 Å². The summed E-state index contributed by atoms with van der Waals surface area (Å²) in [6.45, 7) is 6.31. The molecule has 19 heavy (non-hydrogen) atoms. The number of aromatic nitrogens is 1. The zero-order valence-electron chi connectivity index (χ0n) is 11.5. The van der Waals surface area contributed by atoms with Crippen molar-refractivity contribution in [2.24, 2.45) is 0 Å². The average Bonchev–Trinajstić information content (AvgIpc) is 2.94. The molecule has 106 valence electrons. The van der Waals surface area contributed by atoms with E-state index in [4.69, 9.17) is 4.74 Å². The first-order valence-electron chi connectivity index (χ1n) is 6.74. The molecule has 0 spiro atoms. The molecule has 1 atom stereocenters. The first-order chi connectivity index (χ1) is 9.26. The quantitative estimate of drug-likeness (QED) is 0.833. The second-order valence-corrected chi connectivity index (χ2v) is 5.54. The highest BCUT2D eigenvalue weighted by molar-refractivity contribution is 7.09. The molecule has 1 N–H and O–H groups in total. The molecule has 0 aliphatic carbocycles. The van der Waals surface area contributed by atoms with Gasteiger partial charge in [-0.25, -0.2) is 9.78 Å². The molecule has 6 heteroatoms. The van der Waals surface area contributed by atoms with Gasteiger partial charge in [-0.1, -0.05) is 13.3 Å². The van der Waals surface area contributed by atoms with Crippen LogP contribution in [-0.4, -0.2) is 49.1 Å². The molecule has 1 aromatic heterocycles. The van der Waals surface area contributed by atoms with Gasteiger partial charge in [0.1, 0.15) is 5.01 Å². The van der Waals surface area contributed by atoms with Gasteiger partial charge in [-0.2, -0.15) is 0 Å². The minimum atomic E-state index is -0.349. The van der Waals surface area contributed by atoms with Crippen molar-refractivity contribution in [1.82, 2.24) is 15.2 Å². The number of esters is 1. The molecule has 0 aromatic carbocycles. The third-order valence-electron chi connectivity index (χ3n) is 3.36. The van der Waals surface area contributed by atoms with Crippen LogP contribution in [-0.2, 0) is 4.74 Å². The van der Waals surface area contributed by atoms with E-state index in [2.05, 4.69) is 22.1 Å². The van der Waals surface area contributed by atoms with Crippen molar-refractivity contribution >= 4 is 17.3 Å². The highest BCUT2D eigenvalue weighted by Crippen LogP contribution is 2.28. The molecular formula is C13H21N3O2S. The molecule has 1 saturated heterocycles. The van der Waals surface area contributed by atoms with Gasteiger partial charge in [-0.15, -0.1) is 11.3 Å². The maximum atomic E-state index is 11.5. The Bertz CT molecular complexity index is 416. The lowest BCUT2D eigenvalue weighted by molar-refractivity contribution is 0.0594. The van der Waals surface area contributed by atoms with Gasteiger partial charge in [0.25, 0.3) is 0 Å². The average molecular weight is 283 g/mol. The van der Waals surface area contributed by atoms with Crippen LogP contribution in [0.1, 0.15) is 41.3 Å². The third kappa shape index (κ3) is 3.52. The molecule has 0 bridgehead atoms. The van der Waals surface area contributed by atoms with E-state index in [0.29, 0.717) is 11.7 Å². The number of carbonyl (C=O) groups excluding carboxylic acids is 1. The molecule has 0 saturated carbocycles. The van der Waals surface area contributed by atoms with E-state index in [0.717, 1.165) is 44.0 Å². The van der Waals surface area contributed by atoms with Crippen LogP contribution in [0, 0.1) is 0 Å². The van der Waals surface area contributed by atoms with Gasteiger partial charge in [-0.05, 0) is 6.42 Å². The Morgan fingerprint density at radius 1 is 1.58 bits per heavy atom. The molecule has 1 aromatic rings. The van der Waals surface area contributed by atoms with E-state index in [1.807, 2.05) is 0 Å². The van der Waals surface area contributed by atoms with Crippen LogP contribution >= 0.6 is 11.3 Å². The van der Waals surface area contributed by atoms with Gasteiger partial charge < -0.3 is 10.1 Å². The molecular weight excluding hydrogens is 262 g/mol. The van der Waals surface area contributed by atoms with Gasteiger partial charge in [0.05, 0.1) is 13.2 Å². The molecule has 1 aliphatic rings. The van der Waals surface area contributed by atoms with Crippen molar-refractivity contribution in [3.63, 3.8) is 0 Å². The number of thiazole rings is 1. The lowest BCUT2D eigenvalue weighted by atomic mass is 10.1. The first kappa shape index (κ1) is 14.4. The fourth-order valence-corrected chi connectivity index (χ4v) is 3.32. The number of carbonyl (C=O) groups is 1. The molecule has 0 radical (unpaired) electrons. The predicted molar refractivity (Wildman–Crippen MR) is 75.5 cm³/mol. The Balaban J connectivity index is 2.13. The molecule has 1 aliphatic heterocycles. The number of hydrogen-bond acceptors (Lipinski definition) is 6. The van der Waals surface area contributed by atoms with Crippen LogP contribution in [0.3, 0.4) is 0 Å². The monoisotopic (exact) mass is 283 g/mol. The van der Waals surface area contributed by atoms with Crippen molar-refractivity contribution in [3.05, 3.63) is 16.1 Å². The summed E-state index contributed by atoms with van der Waals surface area (Å²) < 4.78 is 4.72. The molecule has 2 heterocycles. The fourth-order valence-electron chi connectivity index (χ4n) is 2.37. The van der Waals surface area contributed by atoms with Crippen molar-refractivity contribution in [2.45, 2.75) is 25.8 Å². The largest absolute Gasteiger partial charge is 0.464 e. The van der Waals surface area contributed by atoms with Gasteiger partial charge in [0.15, 0.2) is 5.69 Å². The summed E-state index contributed by atoms with van der Waals surface area (Å²) in [5.74, 6) is -0.349. The van der Waals surface area contributed by atoms with E-state index in [-0.39, 0.29) is 5.97 Å². The second kappa shape index (κ2) is 6.98. The van der Waals surface area contributed by atoms with Gasteiger partial charge in [-0.3, -0.25) is 4.90 Å². The fraction of sp³-hybridized carbons (Fsp3) is 0.692. The summed E-state index contributed by atoms with van der Waals surface area (Å²) >= 11 is 1.56. The van der Waals surface area contributed by atoms with Crippen molar-refractivity contribution in [3.8, 4) is 0 Å². The van der Waals surface area contributed by atoms with E-state index in [9.17, 15) is 4.79 Å². The second-order valence-electron chi connectivity index (χ2n) is 4.65. The molecule has 1 unspecified atom stereocenters. The summed E-state index contributed by atoms with van der Waals surface area (Å²) in [5.41, 5.74) is 0.429. The summed E-state index contributed by atoms with van der Waals surface area (Å²) in [4.78, 5) is 18.4. The van der Waals surface area contributed by atoms with Crippen LogP contribution in [0.15, 0.2) is 5.38 Å². The number of nitrogens with zero attached hydrogens (tertiary/aromatic N) is 2. The number of nitrogens with one attached hydrogen (secondary N) is 1. The van der Waals surface area contributed by atoms with Crippen LogP contribution in [0.5, 0.6) is 0 Å². The lowest BCUT2D eigenvalue weighted by Crippen LogP contribution is -2.45. The minimum absolute atomic E-state index is 0.329. The number of piperazine rings is 1. The smallest absolute Gasteiger partial charge is 0.357 e. The van der Waals surface area contributed by atoms with Gasteiger partial charge in [0.2, 0.25) is 0 Å². The topological polar surface area (TPSA) is 54.5 Å². The summed E-state index contributed by atoms with van der Waals surface area (Å²) in [6, 6.07) is 0.329. The standard InChI is InChI=1S/C13H21N3O2S/c1-3-4-11(16-7-5-14-6-8-16)12-15-10(9-19-12)13(17)18-2/h9,11,14H,3-8H2,1-2H3. The summed E-state index contributed by atoms with van der Waals surface area (Å²) in [5, 5.41) is 6.19. The number of ether oxygens (including phenoxy) is 1. The Kier molecular flexibility index (Phi) is 5.30. The SMILES string of the molecule is CCCC(c1nc(C(=O)OC)cs1)N1CCNCC1. The highest BCUT2D eigenvalue weighted by Gasteiger charge is 2.25. The summed E-state index contributed by atoms with van der Waals surface area (Å²) in [6.07, 6.45) is 2.19. The van der Waals surface area contributed by atoms with Crippen molar-refractivity contribution in [2.75, 3.05) is 33.3 Å². The Hall–Kier alpha value is -0.980. The highest BCUT2D eigenvalue weighted by atomic mass is 32.1. The van der Waals surface area contributed by atoms with Crippen LogP contribution in [0.25, 0.3) is 0 Å². The molecule has 0 amide bonds. The molecule has 1 fully saturated rings. The van der Waals surface area contributed by atoms with E-state index in [1.54, 1.807) is 16.7 Å². The van der Waals surface area contributed by atoms with Gasteiger partial charge >= 0.3 is 5.97 Å². The third-order valence-corrected chi connectivity index (χ3v) is 4.30. The Labute approximate surface area is 118 Å². The van der Waals surface area contributed by atoms with Crippen LogP contribution in [0.4, 0.5) is 0 Å². The number of hydrogen-bond donors (Lipinski definition) is 1. The van der Waals surface area contributed by atoms with E-state index < -0.39 is 0 Å². The molecule has 5 nitrogen and oxygen atoms in total. The van der Waals surface area contributed by atoms with Crippen molar-refractivity contribution in [1.29, 1.82) is 0 Å². The normalized spacial score (nSPS) is 18.2. The maximum absolute atomic E-state index is 11.5. The lowest BCUT2D eigenvalue weighted by Gasteiger charge is -2.33. The van der Waals surface area contributed by atoms with Crippen LogP contribution < -0.4 is 5.32 Å². The number of rotatable bonds is 5. The minimum Gasteiger partial charge on any atom is -0.464 e. The Morgan fingerprint density at radius 3 is 2.95 bits per heavy atom. The molecule has 2 rings (SSSR count). The summed E-state index contributed by atoms with van der Waals surface area (Å²) in [7, 11) is 1.39. The van der Waals surface area contributed by atoms with Gasteiger partial charge in [0, 0.05) is 31.6 Å². The van der Waals surface area contributed by atoms with E-state index in [1.165, 1.54) is 7.11 Å². The maximum Gasteiger partial charge on any atom is 0.357 e. The Morgan fingerprint density at radius 2 is 2.32 bits per heavy atom. The first-order valence-corrected chi connectivity index (χ1v) is 7.62. The number of methoxy groups -OCH3 is 1.